The van der Waals surface area contributed by atoms with Crippen LogP contribution in [0.2, 0.25) is 0 Å². The van der Waals surface area contributed by atoms with Gasteiger partial charge in [-0.05, 0) is 55.2 Å². The number of aryl methyl sites for hydroxylation is 2. The minimum atomic E-state index is 0.0905. The Morgan fingerprint density at radius 2 is 1.90 bits per heavy atom. The quantitative estimate of drug-likeness (QED) is 0.761. The van der Waals surface area contributed by atoms with Crippen LogP contribution in [-0.4, -0.2) is 12.5 Å². The summed E-state index contributed by atoms with van der Waals surface area (Å²) in [7, 11) is 0. The van der Waals surface area contributed by atoms with Crippen LogP contribution in [0.5, 0.6) is 0 Å². The number of fused-ring (bicyclic) bond motifs is 1. The van der Waals surface area contributed by atoms with E-state index in [9.17, 15) is 4.79 Å². The van der Waals surface area contributed by atoms with Crippen LogP contribution in [0.15, 0.2) is 46.9 Å². The van der Waals surface area contributed by atoms with E-state index >= 15 is 0 Å². The maximum absolute atomic E-state index is 12.7. The SMILES string of the molecule is Cc1cccc2c1N(C(=O)c1ccc(Br)cc1)CCC2. The van der Waals surface area contributed by atoms with Gasteiger partial charge in [0.1, 0.15) is 0 Å². The van der Waals surface area contributed by atoms with E-state index in [2.05, 4.69) is 41.1 Å². The minimum absolute atomic E-state index is 0.0905. The molecule has 0 fully saturated rings. The standard InChI is InChI=1S/C17H16BrNO/c1-12-4-2-5-13-6-3-11-19(16(12)13)17(20)14-7-9-15(18)10-8-14/h2,4-5,7-10H,3,6,11H2,1H3. The first-order valence-corrected chi connectivity index (χ1v) is 7.62. The molecule has 1 amide bonds. The Morgan fingerprint density at radius 3 is 2.65 bits per heavy atom. The molecule has 1 aliphatic rings. The average Bonchev–Trinajstić information content (AvgIpc) is 2.47. The van der Waals surface area contributed by atoms with Gasteiger partial charge in [0.05, 0.1) is 5.69 Å². The van der Waals surface area contributed by atoms with Gasteiger partial charge in [-0.25, -0.2) is 0 Å². The minimum Gasteiger partial charge on any atom is -0.308 e. The molecule has 20 heavy (non-hydrogen) atoms. The monoisotopic (exact) mass is 329 g/mol. The first kappa shape index (κ1) is 13.4. The van der Waals surface area contributed by atoms with Gasteiger partial charge in [-0.3, -0.25) is 4.79 Å². The number of amides is 1. The summed E-state index contributed by atoms with van der Waals surface area (Å²) in [5, 5.41) is 0. The van der Waals surface area contributed by atoms with E-state index in [-0.39, 0.29) is 5.91 Å². The number of hydrogen-bond acceptors (Lipinski definition) is 1. The van der Waals surface area contributed by atoms with Gasteiger partial charge in [0, 0.05) is 16.6 Å². The summed E-state index contributed by atoms with van der Waals surface area (Å²) in [6.45, 7) is 2.87. The van der Waals surface area contributed by atoms with Crippen molar-refractivity contribution in [3.8, 4) is 0 Å². The number of halogens is 1. The molecule has 0 saturated carbocycles. The third-order valence-electron chi connectivity index (χ3n) is 3.76. The van der Waals surface area contributed by atoms with E-state index in [1.165, 1.54) is 11.1 Å². The predicted octanol–water partition coefficient (Wildman–Crippen LogP) is 4.35. The molecular weight excluding hydrogens is 314 g/mol. The zero-order chi connectivity index (χ0) is 14.1. The van der Waals surface area contributed by atoms with E-state index in [1.807, 2.05) is 29.2 Å². The highest BCUT2D eigenvalue weighted by molar-refractivity contribution is 9.10. The van der Waals surface area contributed by atoms with Crippen molar-refractivity contribution in [2.24, 2.45) is 0 Å². The number of para-hydroxylation sites is 1. The fourth-order valence-electron chi connectivity index (χ4n) is 2.80. The smallest absolute Gasteiger partial charge is 0.258 e. The molecule has 3 heteroatoms. The van der Waals surface area contributed by atoms with E-state index in [4.69, 9.17) is 0 Å². The van der Waals surface area contributed by atoms with E-state index in [0.29, 0.717) is 0 Å². The van der Waals surface area contributed by atoms with E-state index in [0.717, 1.165) is 35.1 Å². The number of carbonyl (C=O) groups is 1. The third kappa shape index (κ3) is 2.38. The Hall–Kier alpha value is -1.61. The molecule has 2 aromatic carbocycles. The van der Waals surface area contributed by atoms with Crippen molar-refractivity contribution < 1.29 is 4.79 Å². The van der Waals surface area contributed by atoms with Gasteiger partial charge >= 0.3 is 0 Å². The van der Waals surface area contributed by atoms with Crippen molar-refractivity contribution in [3.63, 3.8) is 0 Å². The zero-order valence-electron chi connectivity index (χ0n) is 11.4. The van der Waals surface area contributed by atoms with Crippen LogP contribution in [0.3, 0.4) is 0 Å². The van der Waals surface area contributed by atoms with Gasteiger partial charge < -0.3 is 4.90 Å². The molecule has 102 valence electrons. The number of carbonyl (C=O) groups excluding carboxylic acids is 1. The lowest BCUT2D eigenvalue weighted by atomic mass is 9.97. The number of rotatable bonds is 1. The molecule has 0 N–H and O–H groups in total. The second-order valence-electron chi connectivity index (χ2n) is 5.15. The van der Waals surface area contributed by atoms with Crippen molar-refractivity contribution >= 4 is 27.5 Å². The average molecular weight is 330 g/mol. The van der Waals surface area contributed by atoms with Gasteiger partial charge in [-0.2, -0.15) is 0 Å². The molecule has 0 atom stereocenters. The highest BCUT2D eigenvalue weighted by Crippen LogP contribution is 2.31. The Kier molecular flexibility index (Phi) is 3.62. The molecule has 0 saturated heterocycles. The molecule has 0 bridgehead atoms. The molecule has 0 radical (unpaired) electrons. The van der Waals surface area contributed by atoms with Crippen molar-refractivity contribution in [1.29, 1.82) is 0 Å². The summed E-state index contributed by atoms with van der Waals surface area (Å²) in [6.07, 6.45) is 2.08. The summed E-state index contributed by atoms with van der Waals surface area (Å²) < 4.78 is 0.990. The van der Waals surface area contributed by atoms with Crippen LogP contribution in [0.4, 0.5) is 5.69 Å². The third-order valence-corrected chi connectivity index (χ3v) is 4.28. The molecule has 0 unspecified atom stereocenters. The van der Waals surface area contributed by atoms with Gasteiger partial charge in [0.2, 0.25) is 0 Å². The Labute approximate surface area is 127 Å². The summed E-state index contributed by atoms with van der Waals surface area (Å²) in [5.74, 6) is 0.0905. The van der Waals surface area contributed by atoms with Crippen LogP contribution in [0.25, 0.3) is 0 Å². The van der Waals surface area contributed by atoms with Crippen LogP contribution in [0, 0.1) is 6.92 Å². The van der Waals surface area contributed by atoms with E-state index < -0.39 is 0 Å². The highest BCUT2D eigenvalue weighted by atomic mass is 79.9. The first-order valence-electron chi connectivity index (χ1n) is 6.83. The highest BCUT2D eigenvalue weighted by Gasteiger charge is 2.24. The first-order chi connectivity index (χ1) is 9.66. The Bertz CT molecular complexity index is 649. The molecule has 3 rings (SSSR count). The van der Waals surface area contributed by atoms with Crippen LogP contribution in [0.1, 0.15) is 27.9 Å². The van der Waals surface area contributed by atoms with Crippen molar-refractivity contribution in [2.45, 2.75) is 19.8 Å². The van der Waals surface area contributed by atoms with Crippen LogP contribution < -0.4 is 4.90 Å². The lowest BCUT2D eigenvalue weighted by Gasteiger charge is -2.31. The maximum atomic E-state index is 12.7. The molecule has 1 heterocycles. The second kappa shape index (κ2) is 5.41. The van der Waals surface area contributed by atoms with Crippen LogP contribution >= 0.6 is 15.9 Å². The Morgan fingerprint density at radius 1 is 1.15 bits per heavy atom. The normalized spacial score (nSPS) is 14.0. The molecule has 2 aromatic rings. The van der Waals surface area contributed by atoms with Crippen molar-refractivity contribution in [3.05, 3.63) is 63.6 Å². The molecule has 0 spiro atoms. The summed E-state index contributed by atoms with van der Waals surface area (Å²) in [4.78, 5) is 14.7. The summed E-state index contributed by atoms with van der Waals surface area (Å²) >= 11 is 3.40. The summed E-state index contributed by atoms with van der Waals surface area (Å²) in [6, 6.07) is 13.8. The topological polar surface area (TPSA) is 20.3 Å². The largest absolute Gasteiger partial charge is 0.308 e. The zero-order valence-corrected chi connectivity index (χ0v) is 13.0. The maximum Gasteiger partial charge on any atom is 0.258 e. The van der Waals surface area contributed by atoms with Crippen LogP contribution in [-0.2, 0) is 6.42 Å². The summed E-state index contributed by atoms with van der Waals surface area (Å²) in [5.41, 5.74) is 4.30. The lowest BCUT2D eigenvalue weighted by Crippen LogP contribution is -2.36. The second-order valence-corrected chi connectivity index (χ2v) is 6.07. The molecule has 1 aliphatic heterocycles. The van der Waals surface area contributed by atoms with Gasteiger partial charge in [0.15, 0.2) is 0 Å². The van der Waals surface area contributed by atoms with E-state index in [1.54, 1.807) is 0 Å². The fourth-order valence-corrected chi connectivity index (χ4v) is 3.06. The van der Waals surface area contributed by atoms with Gasteiger partial charge in [-0.15, -0.1) is 0 Å². The number of anilines is 1. The molecule has 0 aromatic heterocycles. The van der Waals surface area contributed by atoms with Crippen molar-refractivity contribution in [2.75, 3.05) is 11.4 Å². The number of benzene rings is 2. The lowest BCUT2D eigenvalue weighted by molar-refractivity contribution is 0.0985. The number of hydrogen-bond donors (Lipinski definition) is 0. The Balaban J connectivity index is 2.00. The fraction of sp³-hybridized carbons (Fsp3) is 0.235. The van der Waals surface area contributed by atoms with Gasteiger partial charge in [0.25, 0.3) is 5.91 Å². The van der Waals surface area contributed by atoms with Crippen molar-refractivity contribution in [1.82, 2.24) is 0 Å². The molecule has 2 nitrogen and oxygen atoms in total. The molecule has 0 aliphatic carbocycles. The van der Waals surface area contributed by atoms with Gasteiger partial charge in [-0.1, -0.05) is 34.1 Å². The predicted molar refractivity (Wildman–Crippen MR) is 85.3 cm³/mol. The molecular formula is C17H16BrNO. The number of nitrogens with zero attached hydrogens (tertiary/aromatic N) is 1.